The van der Waals surface area contributed by atoms with Gasteiger partial charge in [-0.2, -0.15) is 0 Å². The molecular formula is C33H30BrF2N3O4. The third-order valence-corrected chi connectivity index (χ3v) is 7.82. The Morgan fingerprint density at radius 1 is 0.977 bits per heavy atom. The Bertz CT molecular complexity index is 1590. The molecule has 0 fully saturated rings. The van der Waals surface area contributed by atoms with E-state index in [1.54, 1.807) is 24.3 Å². The third kappa shape index (κ3) is 7.10. The minimum atomic E-state index is -1.47. The van der Waals surface area contributed by atoms with E-state index in [9.17, 15) is 13.6 Å². The number of aliphatic hydroxyl groups is 1. The van der Waals surface area contributed by atoms with Gasteiger partial charge >= 0.3 is 0 Å². The first-order valence-electron chi connectivity index (χ1n) is 13.8. The molecule has 4 aromatic carbocycles. The first kappa shape index (κ1) is 30.3. The first-order valence-corrected chi connectivity index (χ1v) is 14.5. The number of rotatable bonds is 12. The van der Waals surface area contributed by atoms with E-state index in [4.69, 9.17) is 19.6 Å². The summed E-state index contributed by atoms with van der Waals surface area (Å²) in [5.74, 6) is -0.982. The fraction of sp³-hybridized carbons (Fsp3) is 0.212. The van der Waals surface area contributed by atoms with Crippen LogP contribution >= 0.6 is 15.9 Å². The van der Waals surface area contributed by atoms with Gasteiger partial charge in [0.05, 0.1) is 6.61 Å². The summed E-state index contributed by atoms with van der Waals surface area (Å²) >= 11 is 3.61. The van der Waals surface area contributed by atoms with Crippen molar-refractivity contribution in [2.45, 2.75) is 31.0 Å². The number of nitrogens with zero attached hydrogens (tertiary/aromatic N) is 1. The molecule has 0 spiro atoms. The molecule has 0 radical (unpaired) electrons. The summed E-state index contributed by atoms with van der Waals surface area (Å²) in [4.78, 5) is 19.2. The molecule has 222 valence electrons. The SMILES string of the molecule is O=C(NNCc1ccc(F)cc1F)[C@@]1(Cc2ccccc2Br)N=C(c2ccc(OCCCO)cc2)O[C@H]1c1ccccc1. The smallest absolute Gasteiger partial charge is 0.266 e. The number of nitrogens with one attached hydrogen (secondary N) is 2. The predicted octanol–water partition coefficient (Wildman–Crippen LogP) is 5.81. The van der Waals surface area contributed by atoms with E-state index >= 15 is 0 Å². The van der Waals surface area contributed by atoms with E-state index in [2.05, 4.69) is 26.8 Å². The summed E-state index contributed by atoms with van der Waals surface area (Å²) in [6.07, 6.45) is -0.107. The lowest BCUT2D eigenvalue weighted by Gasteiger charge is -2.31. The second-order valence-electron chi connectivity index (χ2n) is 10.0. The molecule has 3 N–H and O–H groups in total. The van der Waals surface area contributed by atoms with Crippen molar-refractivity contribution < 1.29 is 28.2 Å². The van der Waals surface area contributed by atoms with Crippen LogP contribution in [0.5, 0.6) is 5.75 Å². The molecule has 0 aliphatic carbocycles. The minimum absolute atomic E-state index is 0.0407. The number of ether oxygens (including phenoxy) is 2. The zero-order chi connectivity index (χ0) is 30.2. The molecule has 1 heterocycles. The van der Waals surface area contributed by atoms with Crippen molar-refractivity contribution in [1.82, 2.24) is 10.9 Å². The largest absolute Gasteiger partial charge is 0.494 e. The Balaban J connectivity index is 1.50. The number of carbonyl (C=O) groups excluding carboxylic acids is 1. The second kappa shape index (κ2) is 13.9. The lowest BCUT2D eigenvalue weighted by Crippen LogP contribution is -2.53. The third-order valence-electron chi connectivity index (χ3n) is 7.05. The minimum Gasteiger partial charge on any atom is -0.494 e. The van der Waals surface area contributed by atoms with Gasteiger partial charge in [0.1, 0.15) is 17.4 Å². The van der Waals surface area contributed by atoms with Crippen LogP contribution in [0.25, 0.3) is 0 Å². The monoisotopic (exact) mass is 649 g/mol. The van der Waals surface area contributed by atoms with Gasteiger partial charge in [0.15, 0.2) is 11.6 Å². The average molecular weight is 651 g/mol. The lowest BCUT2D eigenvalue weighted by molar-refractivity contribution is -0.130. The molecule has 0 saturated carbocycles. The van der Waals surface area contributed by atoms with Crippen molar-refractivity contribution in [3.63, 3.8) is 0 Å². The number of aliphatic hydroxyl groups excluding tert-OH is 1. The fourth-order valence-electron chi connectivity index (χ4n) is 4.84. The molecule has 43 heavy (non-hydrogen) atoms. The molecule has 4 aromatic rings. The van der Waals surface area contributed by atoms with E-state index < -0.39 is 29.2 Å². The molecule has 5 rings (SSSR count). The average Bonchev–Trinajstić information content (AvgIpc) is 3.41. The van der Waals surface area contributed by atoms with Crippen LogP contribution in [0.15, 0.2) is 107 Å². The maximum Gasteiger partial charge on any atom is 0.266 e. The number of amides is 1. The molecule has 10 heteroatoms. The van der Waals surface area contributed by atoms with Crippen molar-refractivity contribution in [3.05, 3.63) is 135 Å². The Morgan fingerprint density at radius 2 is 1.72 bits per heavy atom. The maximum atomic E-state index is 14.3. The highest BCUT2D eigenvalue weighted by Gasteiger charge is 2.53. The number of hydrazine groups is 1. The van der Waals surface area contributed by atoms with Crippen LogP contribution in [-0.2, 0) is 22.5 Å². The zero-order valence-electron chi connectivity index (χ0n) is 23.1. The van der Waals surface area contributed by atoms with E-state index in [0.717, 1.165) is 27.7 Å². The fourth-order valence-corrected chi connectivity index (χ4v) is 5.26. The Labute approximate surface area is 256 Å². The first-order chi connectivity index (χ1) is 20.9. The molecule has 0 bridgehead atoms. The second-order valence-corrected chi connectivity index (χ2v) is 10.9. The highest BCUT2D eigenvalue weighted by atomic mass is 79.9. The van der Waals surface area contributed by atoms with Gasteiger partial charge in [0, 0.05) is 47.7 Å². The van der Waals surface area contributed by atoms with E-state index in [-0.39, 0.29) is 31.0 Å². The number of hydrogen-bond donors (Lipinski definition) is 3. The number of carbonyl (C=O) groups is 1. The van der Waals surface area contributed by atoms with Crippen molar-refractivity contribution in [3.8, 4) is 5.75 Å². The van der Waals surface area contributed by atoms with Crippen LogP contribution < -0.4 is 15.6 Å². The molecular weight excluding hydrogens is 620 g/mol. The molecule has 0 saturated heterocycles. The van der Waals surface area contributed by atoms with Gasteiger partial charge in [0.2, 0.25) is 5.90 Å². The maximum absolute atomic E-state index is 14.3. The predicted molar refractivity (Wildman–Crippen MR) is 162 cm³/mol. The number of benzene rings is 4. The summed E-state index contributed by atoms with van der Waals surface area (Å²) in [7, 11) is 0. The van der Waals surface area contributed by atoms with Crippen LogP contribution in [-0.4, -0.2) is 35.7 Å². The standard InChI is InChI=1S/C33H30BrF2N3O4/c34-28-10-5-4-9-24(28)20-33(32(41)39-37-21-25-11-14-26(35)19-29(25)36)30(22-7-2-1-3-8-22)43-31(38-33)23-12-15-27(16-13-23)42-18-6-17-40/h1-5,7-16,19,30,37,40H,6,17-18,20-21H2,(H,39,41)/t30-,33-/m0/s1. The Hall–Kier alpha value is -4.12. The summed E-state index contributed by atoms with van der Waals surface area (Å²) in [6.45, 7) is 0.348. The van der Waals surface area contributed by atoms with Gasteiger partial charge < -0.3 is 14.6 Å². The highest BCUT2D eigenvalue weighted by molar-refractivity contribution is 9.10. The van der Waals surface area contributed by atoms with Gasteiger partial charge in [-0.05, 0) is 47.5 Å². The van der Waals surface area contributed by atoms with Gasteiger partial charge in [-0.3, -0.25) is 10.2 Å². The quantitative estimate of drug-likeness (QED) is 0.133. The molecule has 1 aliphatic rings. The number of aliphatic imine (C=N–C) groups is 1. The van der Waals surface area contributed by atoms with E-state index in [1.807, 2.05) is 54.6 Å². The van der Waals surface area contributed by atoms with Gasteiger partial charge in [-0.15, -0.1) is 0 Å². The zero-order valence-corrected chi connectivity index (χ0v) is 24.7. The highest BCUT2D eigenvalue weighted by Crippen LogP contribution is 2.43. The van der Waals surface area contributed by atoms with Crippen LogP contribution in [0.4, 0.5) is 8.78 Å². The van der Waals surface area contributed by atoms with Crippen LogP contribution in [0.2, 0.25) is 0 Å². The van der Waals surface area contributed by atoms with Crippen LogP contribution in [0, 0.1) is 11.6 Å². The summed E-state index contributed by atoms with van der Waals surface area (Å²) < 4.78 is 40.6. The van der Waals surface area contributed by atoms with E-state index in [0.29, 0.717) is 24.3 Å². The number of halogens is 3. The van der Waals surface area contributed by atoms with Crippen molar-refractivity contribution >= 4 is 27.7 Å². The number of hydrogen-bond acceptors (Lipinski definition) is 6. The molecule has 7 nitrogen and oxygen atoms in total. The Kier molecular flexibility index (Phi) is 9.81. The van der Waals surface area contributed by atoms with Gasteiger partial charge in [0.25, 0.3) is 5.91 Å². The van der Waals surface area contributed by atoms with Crippen molar-refractivity contribution in [2.24, 2.45) is 4.99 Å². The molecule has 0 unspecified atom stereocenters. The Morgan fingerprint density at radius 3 is 2.44 bits per heavy atom. The van der Waals surface area contributed by atoms with E-state index in [1.165, 1.54) is 6.07 Å². The summed E-state index contributed by atoms with van der Waals surface area (Å²) in [6, 6.07) is 27.4. The van der Waals surface area contributed by atoms with Gasteiger partial charge in [-0.25, -0.2) is 19.2 Å². The molecule has 1 amide bonds. The molecule has 1 aliphatic heterocycles. The summed E-state index contributed by atoms with van der Waals surface area (Å²) in [5.41, 5.74) is 6.46. The van der Waals surface area contributed by atoms with Crippen molar-refractivity contribution in [1.29, 1.82) is 0 Å². The van der Waals surface area contributed by atoms with Crippen LogP contribution in [0.1, 0.15) is 34.8 Å². The van der Waals surface area contributed by atoms with Crippen molar-refractivity contribution in [2.75, 3.05) is 13.2 Å². The lowest BCUT2D eigenvalue weighted by atomic mass is 9.82. The van der Waals surface area contributed by atoms with Gasteiger partial charge in [-0.1, -0.05) is 70.5 Å². The molecule has 0 aromatic heterocycles. The molecule has 2 atom stereocenters. The summed E-state index contributed by atoms with van der Waals surface area (Å²) in [5, 5.41) is 9.02. The van der Waals surface area contributed by atoms with Crippen LogP contribution in [0.3, 0.4) is 0 Å². The topological polar surface area (TPSA) is 92.2 Å². The normalized spacial score (nSPS) is 17.7.